The van der Waals surface area contributed by atoms with Crippen molar-refractivity contribution in [1.29, 1.82) is 0 Å². The second-order valence-corrected chi connectivity index (χ2v) is 11.2. The molecule has 38 heavy (non-hydrogen) atoms. The minimum atomic E-state index is -4.14. The van der Waals surface area contributed by atoms with Gasteiger partial charge in [-0.3, -0.25) is 9.59 Å². The van der Waals surface area contributed by atoms with Crippen molar-refractivity contribution < 1.29 is 22.4 Å². The summed E-state index contributed by atoms with van der Waals surface area (Å²) in [4.78, 5) is 28.4. The number of rotatable bonds is 11. The number of halogens is 2. The Labute approximate surface area is 227 Å². The van der Waals surface area contributed by atoms with Crippen LogP contribution in [0.15, 0.2) is 78.9 Å². The molecule has 3 rings (SSSR count). The molecule has 0 radical (unpaired) electrons. The normalized spacial score (nSPS) is 12.2. The third-order valence-corrected chi connectivity index (χ3v) is 7.99. The van der Waals surface area contributed by atoms with E-state index in [1.807, 2.05) is 30.3 Å². The maximum absolute atomic E-state index is 13.9. The van der Waals surface area contributed by atoms with Crippen LogP contribution in [0, 0.1) is 5.82 Å². The first-order valence-corrected chi connectivity index (χ1v) is 13.6. The van der Waals surface area contributed by atoms with Crippen LogP contribution in [0.1, 0.15) is 11.1 Å². The van der Waals surface area contributed by atoms with Crippen molar-refractivity contribution in [3.05, 3.63) is 101 Å². The first-order chi connectivity index (χ1) is 18.0. The summed E-state index contributed by atoms with van der Waals surface area (Å²) in [5.74, 6) is -1.56. The quantitative estimate of drug-likeness (QED) is 0.389. The summed E-state index contributed by atoms with van der Waals surface area (Å²) in [7, 11) is 0.0108. The number of hydrogen-bond donors (Lipinski definition) is 1. The molecule has 0 saturated carbocycles. The van der Waals surface area contributed by atoms with Crippen molar-refractivity contribution in [2.45, 2.75) is 19.0 Å². The molecule has 1 unspecified atom stereocenters. The van der Waals surface area contributed by atoms with E-state index in [9.17, 15) is 22.4 Å². The Bertz CT molecular complexity index is 1340. The third-order valence-electron chi connectivity index (χ3n) is 5.92. The topological polar surface area (TPSA) is 90.0 Å². The van der Waals surface area contributed by atoms with Gasteiger partial charge in [0, 0.05) is 39.1 Å². The Balaban J connectivity index is 2.05. The number of likely N-dealkylation sites (N-methyl/N-ethyl adjacent to an activating group) is 1. The Kier molecular flexibility index (Phi) is 9.84. The number of nitrogens with one attached hydrogen (secondary N) is 1. The molecule has 0 fully saturated rings. The highest BCUT2D eigenvalue weighted by Gasteiger charge is 2.34. The molecule has 0 aliphatic rings. The van der Waals surface area contributed by atoms with Crippen molar-refractivity contribution in [3.8, 4) is 0 Å². The fourth-order valence-electron chi connectivity index (χ4n) is 3.83. The van der Waals surface area contributed by atoms with Gasteiger partial charge in [-0.15, -0.1) is 0 Å². The van der Waals surface area contributed by atoms with Crippen LogP contribution < -0.4 is 9.62 Å². The molecule has 1 atom stereocenters. The predicted octanol–water partition coefficient (Wildman–Crippen LogP) is 3.48. The highest BCUT2D eigenvalue weighted by atomic mass is 35.5. The van der Waals surface area contributed by atoms with Crippen molar-refractivity contribution in [2.75, 3.05) is 32.0 Å². The van der Waals surface area contributed by atoms with Crippen molar-refractivity contribution in [1.82, 2.24) is 14.5 Å². The summed E-state index contributed by atoms with van der Waals surface area (Å²) in [5.41, 5.74) is 1.64. The molecule has 0 heterocycles. The van der Waals surface area contributed by atoms with Gasteiger partial charge >= 0.3 is 10.2 Å². The molecule has 0 saturated heterocycles. The predicted molar refractivity (Wildman–Crippen MR) is 146 cm³/mol. The number of nitrogens with zero attached hydrogens (tertiary/aromatic N) is 3. The average molecular weight is 561 g/mol. The number of hydrogen-bond acceptors (Lipinski definition) is 4. The van der Waals surface area contributed by atoms with E-state index in [1.165, 1.54) is 38.2 Å². The van der Waals surface area contributed by atoms with Gasteiger partial charge in [-0.25, -0.2) is 8.70 Å². The Morgan fingerprint density at radius 2 is 1.53 bits per heavy atom. The van der Waals surface area contributed by atoms with Gasteiger partial charge in [-0.2, -0.15) is 12.7 Å². The van der Waals surface area contributed by atoms with Crippen LogP contribution in [0.2, 0.25) is 5.02 Å². The number of anilines is 1. The van der Waals surface area contributed by atoms with Crippen molar-refractivity contribution >= 4 is 39.3 Å². The van der Waals surface area contributed by atoms with Crippen LogP contribution in [-0.4, -0.2) is 63.2 Å². The zero-order valence-electron chi connectivity index (χ0n) is 21.3. The Hall–Kier alpha value is -3.47. The average Bonchev–Trinajstić information content (AvgIpc) is 2.90. The summed E-state index contributed by atoms with van der Waals surface area (Å²) >= 11 is 6.03. The molecule has 202 valence electrons. The fraction of sp³-hybridized carbons (Fsp3) is 0.259. The molecule has 0 aliphatic carbocycles. The van der Waals surface area contributed by atoms with Crippen molar-refractivity contribution in [3.63, 3.8) is 0 Å². The zero-order valence-corrected chi connectivity index (χ0v) is 22.9. The summed E-state index contributed by atoms with van der Waals surface area (Å²) in [6.45, 7) is -0.581. The maximum atomic E-state index is 13.9. The van der Waals surface area contributed by atoms with Gasteiger partial charge < -0.3 is 10.2 Å². The SMILES string of the molecule is CNC(=O)C(Cc1ccccc1)N(Cc1ccc(Cl)cc1)C(=O)CN(c1ccc(F)cc1)S(=O)(=O)N(C)C. The molecular formula is C27H30ClFN4O4S. The van der Waals surface area contributed by atoms with E-state index in [0.717, 1.165) is 26.3 Å². The molecule has 0 bridgehead atoms. The van der Waals surface area contributed by atoms with Crippen molar-refractivity contribution in [2.24, 2.45) is 0 Å². The van der Waals surface area contributed by atoms with Gasteiger partial charge in [0.1, 0.15) is 18.4 Å². The van der Waals surface area contributed by atoms with E-state index in [0.29, 0.717) is 10.6 Å². The minimum Gasteiger partial charge on any atom is -0.357 e. The Morgan fingerprint density at radius 1 is 0.921 bits per heavy atom. The van der Waals surface area contributed by atoms with Gasteiger partial charge in [0.05, 0.1) is 5.69 Å². The molecule has 11 heteroatoms. The van der Waals surface area contributed by atoms with E-state index in [-0.39, 0.29) is 18.7 Å². The van der Waals surface area contributed by atoms with E-state index in [1.54, 1.807) is 24.3 Å². The maximum Gasteiger partial charge on any atom is 0.304 e. The lowest BCUT2D eigenvalue weighted by atomic mass is 10.0. The van der Waals surface area contributed by atoms with Crippen LogP contribution in [0.3, 0.4) is 0 Å². The van der Waals surface area contributed by atoms with E-state index >= 15 is 0 Å². The summed E-state index contributed by atoms with van der Waals surface area (Å²) in [6, 6.07) is 19.9. The standard InChI is InChI=1S/C27H30ClFN4O4S/c1-30-27(35)25(17-20-7-5-4-6-8-20)32(18-21-9-11-22(28)12-10-21)26(34)19-33(38(36,37)31(2)3)24-15-13-23(29)14-16-24/h4-16,25H,17-19H2,1-3H3,(H,30,35). The molecule has 3 aromatic carbocycles. The summed E-state index contributed by atoms with van der Waals surface area (Å²) < 4.78 is 41.9. The number of benzene rings is 3. The molecule has 0 spiro atoms. The Morgan fingerprint density at radius 3 is 2.08 bits per heavy atom. The molecular weight excluding hydrogens is 531 g/mol. The number of amides is 2. The number of carbonyl (C=O) groups excluding carboxylic acids is 2. The molecule has 1 N–H and O–H groups in total. The van der Waals surface area contributed by atoms with E-state index < -0.39 is 40.4 Å². The smallest absolute Gasteiger partial charge is 0.304 e. The summed E-state index contributed by atoms with van der Waals surface area (Å²) in [6.07, 6.45) is 0.205. The van der Waals surface area contributed by atoms with Crippen LogP contribution in [0.25, 0.3) is 0 Å². The van der Waals surface area contributed by atoms with Crippen LogP contribution in [0.5, 0.6) is 0 Å². The second kappa shape index (κ2) is 12.9. The molecule has 0 aliphatic heterocycles. The van der Waals surface area contributed by atoms with Gasteiger partial charge in [0.25, 0.3) is 0 Å². The monoisotopic (exact) mass is 560 g/mol. The van der Waals surface area contributed by atoms with Gasteiger partial charge in [0.15, 0.2) is 0 Å². The minimum absolute atomic E-state index is 0.0280. The largest absolute Gasteiger partial charge is 0.357 e. The van der Waals surface area contributed by atoms with Gasteiger partial charge in [-0.1, -0.05) is 54.1 Å². The lowest BCUT2D eigenvalue weighted by Gasteiger charge is -2.34. The molecule has 3 aromatic rings. The first-order valence-electron chi connectivity index (χ1n) is 11.8. The van der Waals surface area contributed by atoms with E-state index in [4.69, 9.17) is 11.6 Å². The van der Waals surface area contributed by atoms with Gasteiger partial charge in [-0.05, 0) is 47.5 Å². The first kappa shape index (κ1) is 29.1. The molecule has 8 nitrogen and oxygen atoms in total. The lowest BCUT2D eigenvalue weighted by Crippen LogP contribution is -2.53. The fourth-order valence-corrected chi connectivity index (χ4v) is 5.01. The lowest BCUT2D eigenvalue weighted by molar-refractivity contribution is -0.139. The zero-order chi connectivity index (χ0) is 27.9. The van der Waals surface area contributed by atoms with Crippen LogP contribution >= 0.6 is 11.6 Å². The third kappa shape index (κ3) is 7.31. The highest BCUT2D eigenvalue weighted by molar-refractivity contribution is 7.90. The molecule has 0 aromatic heterocycles. The summed E-state index contributed by atoms with van der Waals surface area (Å²) in [5, 5.41) is 3.13. The second-order valence-electron chi connectivity index (χ2n) is 8.74. The number of carbonyl (C=O) groups is 2. The van der Waals surface area contributed by atoms with Gasteiger partial charge in [0.2, 0.25) is 11.8 Å². The van der Waals surface area contributed by atoms with E-state index in [2.05, 4.69) is 5.32 Å². The highest BCUT2D eigenvalue weighted by Crippen LogP contribution is 2.22. The van der Waals surface area contributed by atoms with Crippen LogP contribution in [0.4, 0.5) is 10.1 Å². The van der Waals surface area contributed by atoms with Crippen LogP contribution in [-0.2, 0) is 32.8 Å². The molecule has 2 amide bonds.